The Bertz CT molecular complexity index is 1070. The third kappa shape index (κ3) is 5.27. The van der Waals surface area contributed by atoms with E-state index in [4.69, 9.17) is 21.1 Å². The third-order valence-corrected chi connectivity index (χ3v) is 6.96. The zero-order valence-corrected chi connectivity index (χ0v) is 18.2. The summed E-state index contributed by atoms with van der Waals surface area (Å²) in [5, 5.41) is 10.2. The Labute approximate surface area is 184 Å². The first-order chi connectivity index (χ1) is 14.7. The largest absolute Gasteiger partial charge is 0.507 e. The molecule has 2 aromatic carbocycles. The normalized spacial score (nSPS) is 14.8. The number of hydrogen-bond acceptors (Lipinski definition) is 7. The number of esters is 1. The van der Waals surface area contributed by atoms with Crippen LogP contribution in [-0.2, 0) is 19.6 Å². The van der Waals surface area contributed by atoms with Crippen LogP contribution in [0.25, 0.3) is 0 Å². The van der Waals surface area contributed by atoms with E-state index in [1.165, 1.54) is 58.8 Å². The number of sulfonamides is 1. The maximum atomic E-state index is 12.7. The fourth-order valence-corrected chi connectivity index (χ4v) is 4.58. The smallest absolute Gasteiger partial charge is 0.342 e. The molecule has 0 bridgehead atoms. The monoisotopic (exact) mass is 468 g/mol. The van der Waals surface area contributed by atoms with Crippen LogP contribution in [-0.4, -0.2) is 74.5 Å². The number of benzene rings is 2. The summed E-state index contributed by atoms with van der Waals surface area (Å²) in [6.45, 7) is 0.0171. The molecular weight excluding hydrogens is 448 g/mol. The standard InChI is InChI=1S/C20H21ClN2O7S/c1-29-15-4-7-18(24)17(12-15)20(26)30-13-19(25)22-8-10-23(11-9-22)31(27,28)16-5-2-14(21)3-6-16/h2-7,12,24H,8-11,13H2,1H3. The van der Waals surface area contributed by atoms with Crippen molar-refractivity contribution in [2.75, 3.05) is 39.9 Å². The van der Waals surface area contributed by atoms with E-state index in [1.54, 1.807) is 0 Å². The molecule has 166 valence electrons. The van der Waals surface area contributed by atoms with Gasteiger partial charge in [-0.1, -0.05) is 11.6 Å². The SMILES string of the molecule is COc1ccc(O)c(C(=O)OCC(=O)N2CCN(S(=O)(=O)c3ccc(Cl)cc3)CC2)c1. The number of phenols is 1. The van der Waals surface area contributed by atoms with Crippen LogP contribution in [0.5, 0.6) is 11.5 Å². The maximum absolute atomic E-state index is 12.7. The molecule has 1 aliphatic rings. The number of amides is 1. The second-order valence-electron chi connectivity index (χ2n) is 6.70. The molecule has 31 heavy (non-hydrogen) atoms. The molecule has 1 fully saturated rings. The predicted molar refractivity (Wildman–Crippen MR) is 112 cm³/mol. The van der Waals surface area contributed by atoms with Crippen LogP contribution >= 0.6 is 11.6 Å². The molecule has 0 aromatic heterocycles. The number of piperazine rings is 1. The Kier molecular flexibility index (Phi) is 7.04. The molecule has 1 N–H and O–H groups in total. The van der Waals surface area contributed by atoms with Crippen molar-refractivity contribution in [1.82, 2.24) is 9.21 Å². The first-order valence-corrected chi connectivity index (χ1v) is 11.1. The van der Waals surface area contributed by atoms with Gasteiger partial charge in [0.2, 0.25) is 10.0 Å². The van der Waals surface area contributed by atoms with E-state index in [9.17, 15) is 23.1 Å². The molecule has 0 spiro atoms. The second kappa shape index (κ2) is 9.54. The third-order valence-electron chi connectivity index (χ3n) is 4.79. The molecule has 9 nitrogen and oxygen atoms in total. The summed E-state index contributed by atoms with van der Waals surface area (Å²) < 4.78 is 36.7. The van der Waals surface area contributed by atoms with Gasteiger partial charge in [0.1, 0.15) is 17.1 Å². The Balaban J connectivity index is 1.54. The fraction of sp³-hybridized carbons (Fsp3) is 0.300. The summed E-state index contributed by atoms with van der Waals surface area (Å²) in [6, 6.07) is 9.95. The summed E-state index contributed by atoms with van der Waals surface area (Å²) in [5.74, 6) is -1.26. The van der Waals surface area contributed by atoms with E-state index < -0.39 is 28.5 Å². The topological polar surface area (TPSA) is 113 Å². The zero-order chi connectivity index (χ0) is 22.6. The molecule has 2 aromatic rings. The molecule has 0 atom stereocenters. The van der Waals surface area contributed by atoms with Gasteiger partial charge in [-0.15, -0.1) is 0 Å². The molecule has 0 radical (unpaired) electrons. The number of aromatic hydroxyl groups is 1. The van der Waals surface area contributed by atoms with Crippen LogP contribution < -0.4 is 4.74 Å². The number of methoxy groups -OCH3 is 1. The number of rotatable bonds is 6. The molecular formula is C20H21ClN2O7S. The average Bonchev–Trinajstić information content (AvgIpc) is 2.78. The van der Waals surface area contributed by atoms with E-state index in [0.717, 1.165) is 0 Å². The number of ether oxygens (including phenoxy) is 2. The van der Waals surface area contributed by atoms with Gasteiger partial charge >= 0.3 is 5.97 Å². The van der Waals surface area contributed by atoms with Gasteiger partial charge < -0.3 is 19.5 Å². The minimum Gasteiger partial charge on any atom is -0.507 e. The van der Waals surface area contributed by atoms with Crippen molar-refractivity contribution >= 4 is 33.5 Å². The highest BCUT2D eigenvalue weighted by Gasteiger charge is 2.30. The second-order valence-corrected chi connectivity index (χ2v) is 9.07. The van der Waals surface area contributed by atoms with Gasteiger partial charge in [-0.05, 0) is 42.5 Å². The maximum Gasteiger partial charge on any atom is 0.342 e. The number of hydrogen-bond donors (Lipinski definition) is 1. The minimum absolute atomic E-state index is 0.112. The van der Waals surface area contributed by atoms with Crippen molar-refractivity contribution in [3.63, 3.8) is 0 Å². The van der Waals surface area contributed by atoms with Gasteiger partial charge in [-0.2, -0.15) is 4.31 Å². The lowest BCUT2D eigenvalue weighted by Gasteiger charge is -2.33. The van der Waals surface area contributed by atoms with Crippen molar-refractivity contribution in [2.24, 2.45) is 0 Å². The van der Waals surface area contributed by atoms with Crippen molar-refractivity contribution in [3.05, 3.63) is 53.1 Å². The van der Waals surface area contributed by atoms with Gasteiger partial charge in [0.25, 0.3) is 5.91 Å². The molecule has 1 amide bonds. The van der Waals surface area contributed by atoms with Crippen LogP contribution in [0.3, 0.4) is 0 Å². The van der Waals surface area contributed by atoms with Crippen molar-refractivity contribution in [2.45, 2.75) is 4.90 Å². The molecule has 1 heterocycles. The van der Waals surface area contributed by atoms with Crippen LogP contribution in [0.4, 0.5) is 0 Å². The Morgan fingerprint density at radius 2 is 1.71 bits per heavy atom. The summed E-state index contributed by atoms with van der Waals surface area (Å²) >= 11 is 5.81. The van der Waals surface area contributed by atoms with Crippen LogP contribution in [0.2, 0.25) is 5.02 Å². The lowest BCUT2D eigenvalue weighted by molar-refractivity contribution is -0.135. The lowest BCUT2D eigenvalue weighted by atomic mass is 10.2. The van der Waals surface area contributed by atoms with Crippen LogP contribution in [0.1, 0.15) is 10.4 Å². The van der Waals surface area contributed by atoms with Crippen LogP contribution in [0.15, 0.2) is 47.4 Å². The highest BCUT2D eigenvalue weighted by molar-refractivity contribution is 7.89. The number of nitrogens with zero attached hydrogens (tertiary/aromatic N) is 2. The van der Waals surface area contributed by atoms with Gasteiger partial charge in [0.05, 0.1) is 12.0 Å². The highest BCUT2D eigenvalue weighted by atomic mass is 35.5. The van der Waals surface area contributed by atoms with Gasteiger partial charge in [-0.25, -0.2) is 13.2 Å². The van der Waals surface area contributed by atoms with E-state index in [2.05, 4.69) is 0 Å². The highest BCUT2D eigenvalue weighted by Crippen LogP contribution is 2.24. The molecule has 0 unspecified atom stereocenters. The Hall–Kier alpha value is -2.82. The minimum atomic E-state index is -3.69. The molecule has 3 rings (SSSR count). The van der Waals surface area contributed by atoms with Crippen molar-refractivity contribution in [1.29, 1.82) is 0 Å². The molecule has 11 heteroatoms. The average molecular weight is 469 g/mol. The molecule has 0 saturated carbocycles. The first kappa shape index (κ1) is 22.9. The number of carbonyl (C=O) groups excluding carboxylic acids is 2. The van der Waals surface area contributed by atoms with Crippen molar-refractivity contribution in [3.8, 4) is 11.5 Å². The van der Waals surface area contributed by atoms with Crippen molar-refractivity contribution < 1.29 is 32.6 Å². The number of carbonyl (C=O) groups is 2. The molecule has 0 aliphatic carbocycles. The Morgan fingerprint density at radius 3 is 2.32 bits per heavy atom. The summed E-state index contributed by atoms with van der Waals surface area (Å²) in [5.41, 5.74) is -0.119. The summed E-state index contributed by atoms with van der Waals surface area (Å²) in [4.78, 5) is 26.1. The molecule has 1 saturated heterocycles. The van der Waals surface area contributed by atoms with Gasteiger partial charge in [-0.3, -0.25) is 4.79 Å². The van der Waals surface area contributed by atoms with E-state index in [1.807, 2.05) is 0 Å². The van der Waals surface area contributed by atoms with Gasteiger partial charge in [0.15, 0.2) is 6.61 Å². The zero-order valence-electron chi connectivity index (χ0n) is 16.7. The Morgan fingerprint density at radius 1 is 1.06 bits per heavy atom. The van der Waals surface area contributed by atoms with E-state index in [-0.39, 0.29) is 42.4 Å². The predicted octanol–water partition coefficient (Wildman–Crippen LogP) is 1.74. The summed E-state index contributed by atoms with van der Waals surface area (Å²) in [6.07, 6.45) is 0. The fourth-order valence-electron chi connectivity index (χ4n) is 3.04. The van der Waals surface area contributed by atoms with E-state index >= 15 is 0 Å². The van der Waals surface area contributed by atoms with E-state index in [0.29, 0.717) is 10.8 Å². The van der Waals surface area contributed by atoms with Crippen LogP contribution in [0, 0.1) is 0 Å². The lowest BCUT2D eigenvalue weighted by Crippen LogP contribution is -2.51. The first-order valence-electron chi connectivity index (χ1n) is 9.30. The number of phenolic OH excluding ortho intramolecular Hbond substituents is 1. The molecule has 1 aliphatic heterocycles. The number of halogens is 1. The quantitative estimate of drug-likeness (QED) is 0.642. The van der Waals surface area contributed by atoms with Gasteiger partial charge in [0, 0.05) is 31.2 Å². The summed E-state index contributed by atoms with van der Waals surface area (Å²) in [7, 11) is -2.27.